The summed E-state index contributed by atoms with van der Waals surface area (Å²) in [5, 5.41) is 4.94. The second-order valence-corrected chi connectivity index (χ2v) is 6.13. The lowest BCUT2D eigenvalue weighted by Crippen LogP contribution is -1.99. The molecule has 3 rings (SSSR count). The molecule has 0 spiro atoms. The molecule has 126 valence electrons. The third-order valence-electron chi connectivity index (χ3n) is 3.66. The molecule has 0 fully saturated rings. The molecule has 3 nitrogen and oxygen atoms in total. The van der Waals surface area contributed by atoms with Gasteiger partial charge in [0.1, 0.15) is 12.4 Å². The zero-order valence-corrected chi connectivity index (χ0v) is 14.7. The predicted octanol–water partition coefficient (Wildman–Crippen LogP) is 5.67. The second kappa shape index (κ2) is 8.36. The summed E-state index contributed by atoms with van der Waals surface area (Å²) in [6.07, 6.45) is 1.74. The standard InChI is InChI=1S/C21H19ClN2O/c1-16-9-11-17(12-10-16)15-25-21-8-3-2-5-18(21)14-23-24-20-7-4-6-19(22)13-20/h2-14,24H,15H2,1H3. The molecule has 1 N–H and O–H groups in total. The first kappa shape index (κ1) is 17.1. The summed E-state index contributed by atoms with van der Waals surface area (Å²) >= 11 is 5.96. The van der Waals surface area contributed by atoms with Crippen molar-refractivity contribution in [2.75, 3.05) is 5.43 Å². The smallest absolute Gasteiger partial charge is 0.128 e. The number of halogens is 1. The Balaban J connectivity index is 1.65. The van der Waals surface area contributed by atoms with Crippen LogP contribution in [0.5, 0.6) is 5.75 Å². The van der Waals surface area contributed by atoms with E-state index in [1.54, 1.807) is 6.21 Å². The highest BCUT2D eigenvalue weighted by molar-refractivity contribution is 6.30. The molecule has 0 heterocycles. The van der Waals surface area contributed by atoms with Crippen LogP contribution in [0, 0.1) is 6.92 Å². The van der Waals surface area contributed by atoms with Crippen molar-refractivity contribution in [3.05, 3.63) is 94.5 Å². The zero-order valence-electron chi connectivity index (χ0n) is 13.9. The van der Waals surface area contributed by atoms with Crippen LogP contribution >= 0.6 is 11.6 Å². The molecule has 3 aromatic rings. The van der Waals surface area contributed by atoms with Crippen LogP contribution in [0.3, 0.4) is 0 Å². The number of rotatable bonds is 6. The molecular formula is C21H19ClN2O. The van der Waals surface area contributed by atoms with E-state index in [-0.39, 0.29) is 0 Å². The third kappa shape index (κ3) is 5.10. The monoisotopic (exact) mass is 350 g/mol. The Morgan fingerprint density at radius 3 is 2.60 bits per heavy atom. The van der Waals surface area contributed by atoms with Crippen LogP contribution in [0.2, 0.25) is 5.02 Å². The van der Waals surface area contributed by atoms with Crippen LogP contribution in [0.4, 0.5) is 5.69 Å². The van der Waals surface area contributed by atoms with E-state index in [2.05, 4.69) is 41.7 Å². The molecule has 0 unspecified atom stereocenters. The number of para-hydroxylation sites is 1. The minimum atomic E-state index is 0.521. The van der Waals surface area contributed by atoms with E-state index < -0.39 is 0 Å². The van der Waals surface area contributed by atoms with Gasteiger partial charge < -0.3 is 4.74 Å². The fourth-order valence-corrected chi connectivity index (χ4v) is 2.49. The van der Waals surface area contributed by atoms with Gasteiger partial charge in [0.2, 0.25) is 0 Å². The van der Waals surface area contributed by atoms with E-state index in [9.17, 15) is 0 Å². The topological polar surface area (TPSA) is 33.6 Å². The Bertz CT molecular complexity index is 860. The van der Waals surface area contributed by atoms with Crippen LogP contribution in [-0.2, 0) is 6.61 Å². The number of aryl methyl sites for hydroxylation is 1. The van der Waals surface area contributed by atoms with E-state index in [1.807, 2.05) is 48.5 Å². The number of benzene rings is 3. The average molecular weight is 351 g/mol. The molecule has 0 aromatic heterocycles. The van der Waals surface area contributed by atoms with Crippen LogP contribution < -0.4 is 10.2 Å². The Morgan fingerprint density at radius 1 is 1.00 bits per heavy atom. The van der Waals surface area contributed by atoms with E-state index in [1.165, 1.54) is 5.56 Å². The SMILES string of the molecule is Cc1ccc(COc2ccccc2C=NNc2cccc(Cl)c2)cc1. The van der Waals surface area contributed by atoms with Crippen molar-refractivity contribution in [1.82, 2.24) is 0 Å². The van der Waals surface area contributed by atoms with E-state index in [0.29, 0.717) is 11.6 Å². The number of ether oxygens (including phenoxy) is 1. The molecular weight excluding hydrogens is 332 g/mol. The molecule has 3 aromatic carbocycles. The minimum Gasteiger partial charge on any atom is -0.488 e. The lowest BCUT2D eigenvalue weighted by molar-refractivity contribution is 0.306. The van der Waals surface area contributed by atoms with Crippen molar-refractivity contribution in [1.29, 1.82) is 0 Å². The van der Waals surface area contributed by atoms with Gasteiger partial charge in [0, 0.05) is 10.6 Å². The predicted molar refractivity (Wildman–Crippen MR) is 105 cm³/mol. The molecule has 0 atom stereocenters. The fourth-order valence-electron chi connectivity index (χ4n) is 2.30. The van der Waals surface area contributed by atoms with Gasteiger partial charge in [-0.15, -0.1) is 0 Å². The molecule has 0 saturated carbocycles. The molecule has 0 aliphatic carbocycles. The van der Waals surface area contributed by atoms with E-state index >= 15 is 0 Å². The van der Waals surface area contributed by atoms with E-state index in [0.717, 1.165) is 22.6 Å². The number of hydrazone groups is 1. The lowest BCUT2D eigenvalue weighted by Gasteiger charge is -2.09. The largest absolute Gasteiger partial charge is 0.488 e. The summed E-state index contributed by atoms with van der Waals surface area (Å²) in [6, 6.07) is 23.6. The van der Waals surface area contributed by atoms with Crippen LogP contribution in [0.25, 0.3) is 0 Å². The number of hydrogen-bond acceptors (Lipinski definition) is 3. The van der Waals surface area contributed by atoms with E-state index in [4.69, 9.17) is 16.3 Å². The molecule has 0 aliphatic rings. The van der Waals surface area contributed by atoms with Gasteiger partial charge in [-0.05, 0) is 42.8 Å². The highest BCUT2D eigenvalue weighted by atomic mass is 35.5. The van der Waals surface area contributed by atoms with Gasteiger partial charge in [-0.3, -0.25) is 5.43 Å². The summed E-state index contributed by atoms with van der Waals surface area (Å²) in [4.78, 5) is 0. The lowest BCUT2D eigenvalue weighted by atomic mass is 10.1. The Hall–Kier alpha value is -2.78. The summed E-state index contributed by atoms with van der Waals surface area (Å²) in [5.41, 5.74) is 7.09. The maximum absolute atomic E-state index is 5.96. The van der Waals surface area contributed by atoms with Crippen molar-refractivity contribution in [2.45, 2.75) is 13.5 Å². The second-order valence-electron chi connectivity index (χ2n) is 5.69. The molecule has 0 radical (unpaired) electrons. The van der Waals surface area contributed by atoms with Gasteiger partial charge in [0.15, 0.2) is 0 Å². The van der Waals surface area contributed by atoms with Gasteiger partial charge in [-0.1, -0.05) is 59.6 Å². The number of nitrogens with zero attached hydrogens (tertiary/aromatic N) is 1. The Labute approximate surface area is 152 Å². The van der Waals surface area contributed by atoms with Crippen LogP contribution in [-0.4, -0.2) is 6.21 Å². The molecule has 0 amide bonds. The van der Waals surface area contributed by atoms with Gasteiger partial charge in [-0.25, -0.2) is 0 Å². The van der Waals surface area contributed by atoms with Gasteiger partial charge >= 0.3 is 0 Å². The molecule has 0 bridgehead atoms. The maximum Gasteiger partial charge on any atom is 0.128 e. The van der Waals surface area contributed by atoms with Crippen LogP contribution in [0.15, 0.2) is 77.9 Å². The fraction of sp³-hybridized carbons (Fsp3) is 0.0952. The molecule has 0 aliphatic heterocycles. The quantitative estimate of drug-likeness (QED) is 0.458. The van der Waals surface area contributed by atoms with Gasteiger partial charge in [0.05, 0.1) is 11.9 Å². The summed E-state index contributed by atoms with van der Waals surface area (Å²) in [7, 11) is 0. The zero-order chi connectivity index (χ0) is 17.5. The summed E-state index contributed by atoms with van der Waals surface area (Å²) < 4.78 is 5.94. The van der Waals surface area contributed by atoms with Gasteiger partial charge in [0.25, 0.3) is 0 Å². The highest BCUT2D eigenvalue weighted by Gasteiger charge is 2.01. The molecule has 25 heavy (non-hydrogen) atoms. The first-order valence-corrected chi connectivity index (χ1v) is 8.40. The average Bonchev–Trinajstić information content (AvgIpc) is 2.62. The molecule has 4 heteroatoms. The van der Waals surface area contributed by atoms with Crippen LogP contribution in [0.1, 0.15) is 16.7 Å². The van der Waals surface area contributed by atoms with Crippen molar-refractivity contribution in [3.63, 3.8) is 0 Å². The van der Waals surface area contributed by atoms with Crippen molar-refractivity contribution in [3.8, 4) is 5.75 Å². The van der Waals surface area contributed by atoms with Gasteiger partial charge in [-0.2, -0.15) is 5.10 Å². The van der Waals surface area contributed by atoms with Crippen molar-refractivity contribution >= 4 is 23.5 Å². The third-order valence-corrected chi connectivity index (χ3v) is 3.89. The first-order valence-electron chi connectivity index (χ1n) is 8.03. The number of hydrogen-bond donors (Lipinski definition) is 1. The number of nitrogens with one attached hydrogen (secondary N) is 1. The summed E-state index contributed by atoms with van der Waals surface area (Å²) in [6.45, 7) is 2.59. The van der Waals surface area contributed by atoms with Crippen molar-refractivity contribution in [2.24, 2.45) is 5.10 Å². The maximum atomic E-state index is 5.96. The minimum absolute atomic E-state index is 0.521. The normalized spacial score (nSPS) is 10.8. The number of anilines is 1. The van der Waals surface area contributed by atoms with Crippen molar-refractivity contribution < 1.29 is 4.74 Å². The molecule has 0 saturated heterocycles. The summed E-state index contributed by atoms with van der Waals surface area (Å²) in [5.74, 6) is 0.791. The first-order chi connectivity index (χ1) is 12.2. The Kier molecular flexibility index (Phi) is 5.70. The Morgan fingerprint density at radius 2 is 1.80 bits per heavy atom. The highest BCUT2D eigenvalue weighted by Crippen LogP contribution is 2.19.